The monoisotopic (exact) mass is 271 g/mol. The minimum Gasteiger partial charge on any atom is -0.467 e. The van der Waals surface area contributed by atoms with Crippen LogP contribution in [0.1, 0.15) is 19.8 Å². The number of carbonyl (C=O) groups is 3. The molecule has 0 saturated heterocycles. The van der Waals surface area contributed by atoms with E-state index in [2.05, 4.69) is 14.8 Å². The first kappa shape index (κ1) is 16.9. The fourth-order valence-electron chi connectivity index (χ4n) is 1.20. The quantitative estimate of drug-likeness (QED) is 0.272. The maximum absolute atomic E-state index is 11.6. The number of rotatable bonds is 8. The number of nitrogens with one attached hydrogen (secondary N) is 1. The fourth-order valence-corrected chi connectivity index (χ4v) is 1.20. The van der Waals surface area contributed by atoms with Gasteiger partial charge < -0.3 is 20.3 Å². The number of Topliss-reactive ketones (excluding diaryl/α,β-unsaturated/α-hetero) is 1. The van der Waals surface area contributed by atoms with Gasteiger partial charge in [0.05, 0.1) is 7.11 Å². The van der Waals surface area contributed by atoms with E-state index in [1.807, 2.05) is 0 Å². The van der Waals surface area contributed by atoms with Crippen molar-refractivity contribution in [1.29, 1.82) is 0 Å². The molecule has 0 aromatic carbocycles. The van der Waals surface area contributed by atoms with E-state index in [1.165, 1.54) is 21.1 Å². The molecule has 8 nitrogen and oxygen atoms in total. The van der Waals surface area contributed by atoms with E-state index in [9.17, 15) is 14.4 Å². The number of amides is 1. The summed E-state index contributed by atoms with van der Waals surface area (Å²) in [5, 5.41) is 2.42. The van der Waals surface area contributed by atoms with Crippen LogP contribution in [-0.2, 0) is 23.9 Å². The van der Waals surface area contributed by atoms with Gasteiger partial charge in [0.2, 0.25) is 11.7 Å². The molecule has 1 amide bonds. The van der Waals surface area contributed by atoms with Crippen LogP contribution in [0.2, 0.25) is 0 Å². The van der Waals surface area contributed by atoms with Gasteiger partial charge in [0, 0.05) is 13.5 Å². The Morgan fingerprint density at radius 2 is 2.00 bits per heavy atom. The molecule has 2 atom stereocenters. The van der Waals surface area contributed by atoms with Crippen LogP contribution in [0.5, 0.6) is 0 Å². The predicted molar refractivity (Wildman–Crippen MR) is 64.3 cm³/mol. The molecule has 0 heterocycles. The highest BCUT2D eigenvalue weighted by molar-refractivity contribution is 6.25. The summed E-state index contributed by atoms with van der Waals surface area (Å²) in [7, 11) is 2.54. The smallest absolute Gasteiger partial charge is 0.328 e. The SMILES string of the molecule is COC(=O)[C@H](CCC(=O)C=[N+]=[N-])NC(=O)[C@H](C)OC. The maximum Gasteiger partial charge on any atom is 0.328 e. The van der Waals surface area contributed by atoms with Crippen LogP contribution in [0, 0.1) is 0 Å². The predicted octanol–water partition coefficient (Wildman–Crippen LogP) is -0.671. The number of ether oxygens (including phenoxy) is 2. The van der Waals surface area contributed by atoms with E-state index < -0.39 is 29.8 Å². The second kappa shape index (κ2) is 8.96. The van der Waals surface area contributed by atoms with Gasteiger partial charge in [0.1, 0.15) is 12.1 Å². The highest BCUT2D eigenvalue weighted by Crippen LogP contribution is 2.01. The van der Waals surface area contributed by atoms with Gasteiger partial charge in [0.25, 0.3) is 0 Å². The van der Waals surface area contributed by atoms with E-state index in [-0.39, 0.29) is 12.8 Å². The molecule has 0 unspecified atom stereocenters. The summed E-state index contributed by atoms with van der Waals surface area (Å²) >= 11 is 0. The first-order valence-electron chi connectivity index (χ1n) is 5.57. The molecular weight excluding hydrogens is 254 g/mol. The van der Waals surface area contributed by atoms with Crippen molar-refractivity contribution in [3.8, 4) is 0 Å². The molecule has 0 aliphatic rings. The first-order valence-corrected chi connectivity index (χ1v) is 5.57. The molecular formula is C11H17N3O5. The lowest BCUT2D eigenvalue weighted by Gasteiger charge is -2.17. The zero-order valence-electron chi connectivity index (χ0n) is 11.1. The van der Waals surface area contributed by atoms with Crippen molar-refractivity contribution in [2.24, 2.45) is 0 Å². The number of esters is 1. The summed E-state index contributed by atoms with van der Waals surface area (Å²) in [4.78, 5) is 36.8. The van der Waals surface area contributed by atoms with Gasteiger partial charge in [0.15, 0.2) is 0 Å². The summed E-state index contributed by atoms with van der Waals surface area (Å²) in [6.07, 6.45) is -0.0130. The fraction of sp³-hybridized carbons (Fsp3) is 0.636. The van der Waals surface area contributed by atoms with Crippen molar-refractivity contribution >= 4 is 23.9 Å². The molecule has 0 aromatic rings. The standard InChI is InChI=1S/C11H17N3O5/c1-7(18-2)10(16)14-9(11(17)19-3)5-4-8(15)6-13-12/h6-7,9H,4-5H2,1-3H3,(H,14,16)/t7-,9-/m0/s1. The van der Waals surface area contributed by atoms with Gasteiger partial charge in [-0.2, -0.15) is 4.79 Å². The molecule has 0 aliphatic carbocycles. The van der Waals surface area contributed by atoms with Crippen molar-refractivity contribution < 1.29 is 28.6 Å². The van der Waals surface area contributed by atoms with Gasteiger partial charge >= 0.3 is 12.2 Å². The Bertz CT molecular complexity index is 390. The average molecular weight is 271 g/mol. The van der Waals surface area contributed by atoms with E-state index in [0.717, 1.165) is 6.21 Å². The second-order valence-electron chi connectivity index (χ2n) is 3.71. The molecule has 0 saturated carbocycles. The Labute approximate surface area is 110 Å². The third-order valence-corrected chi connectivity index (χ3v) is 2.41. The molecule has 0 radical (unpaired) electrons. The Kier molecular flexibility index (Phi) is 7.99. The Balaban J connectivity index is 4.56. The molecule has 0 bridgehead atoms. The van der Waals surface area contributed by atoms with Gasteiger partial charge in [-0.1, -0.05) is 0 Å². The lowest BCUT2D eigenvalue weighted by Crippen LogP contribution is -2.45. The molecule has 0 aromatic heterocycles. The molecule has 1 N–H and O–H groups in total. The van der Waals surface area contributed by atoms with Gasteiger partial charge in [-0.3, -0.25) is 9.59 Å². The molecule has 0 spiro atoms. The summed E-state index contributed by atoms with van der Waals surface area (Å²) in [6, 6.07) is -0.953. The lowest BCUT2D eigenvalue weighted by atomic mass is 10.1. The van der Waals surface area contributed by atoms with Crippen molar-refractivity contribution in [1.82, 2.24) is 5.32 Å². The maximum atomic E-state index is 11.6. The third kappa shape index (κ3) is 6.44. The normalized spacial score (nSPS) is 12.8. The summed E-state index contributed by atoms with van der Waals surface area (Å²) in [5.74, 6) is -1.61. The zero-order valence-corrected chi connectivity index (χ0v) is 11.1. The van der Waals surface area contributed by atoms with E-state index in [0.29, 0.717) is 0 Å². The number of hydrogen-bond acceptors (Lipinski definition) is 5. The summed E-state index contributed by atoms with van der Waals surface area (Å²) in [5.41, 5.74) is 8.18. The largest absolute Gasteiger partial charge is 0.467 e. The molecule has 0 rings (SSSR count). The van der Waals surface area contributed by atoms with Crippen LogP contribution in [-0.4, -0.2) is 55.0 Å². The van der Waals surface area contributed by atoms with Crippen molar-refractivity contribution in [3.63, 3.8) is 0 Å². The van der Waals surface area contributed by atoms with E-state index in [4.69, 9.17) is 10.3 Å². The number of carbonyl (C=O) groups excluding carboxylic acids is 3. The van der Waals surface area contributed by atoms with Crippen LogP contribution < -0.4 is 5.32 Å². The summed E-state index contributed by atoms with van der Waals surface area (Å²) in [6.45, 7) is 1.52. The first-order chi connectivity index (χ1) is 8.96. The van der Waals surface area contributed by atoms with Crippen LogP contribution in [0.3, 0.4) is 0 Å². The highest BCUT2D eigenvalue weighted by atomic mass is 16.5. The Hall–Kier alpha value is -2.05. The van der Waals surface area contributed by atoms with E-state index >= 15 is 0 Å². The topological polar surface area (TPSA) is 118 Å². The molecule has 0 fully saturated rings. The van der Waals surface area contributed by atoms with Gasteiger partial charge in [-0.25, -0.2) is 4.79 Å². The van der Waals surface area contributed by atoms with Gasteiger partial charge in [-0.05, 0) is 13.3 Å². The molecule has 106 valence electrons. The lowest BCUT2D eigenvalue weighted by molar-refractivity contribution is -0.146. The molecule has 8 heteroatoms. The Morgan fingerprint density at radius 3 is 2.47 bits per heavy atom. The number of methoxy groups -OCH3 is 2. The average Bonchev–Trinajstić information content (AvgIpc) is 2.41. The van der Waals surface area contributed by atoms with Crippen LogP contribution in [0.15, 0.2) is 0 Å². The van der Waals surface area contributed by atoms with Crippen LogP contribution >= 0.6 is 0 Å². The Morgan fingerprint density at radius 1 is 1.37 bits per heavy atom. The zero-order chi connectivity index (χ0) is 14.8. The summed E-state index contributed by atoms with van der Waals surface area (Å²) < 4.78 is 9.34. The number of hydrogen-bond donors (Lipinski definition) is 1. The van der Waals surface area contributed by atoms with Crippen LogP contribution in [0.25, 0.3) is 5.53 Å². The van der Waals surface area contributed by atoms with Gasteiger partial charge in [-0.15, -0.1) is 0 Å². The minimum absolute atomic E-state index is 0.0414. The minimum atomic E-state index is -0.953. The highest BCUT2D eigenvalue weighted by Gasteiger charge is 2.24. The number of ketones is 1. The molecule has 0 aliphatic heterocycles. The van der Waals surface area contributed by atoms with Crippen molar-refractivity contribution in [2.75, 3.05) is 14.2 Å². The molecule has 19 heavy (non-hydrogen) atoms. The van der Waals surface area contributed by atoms with Crippen LogP contribution in [0.4, 0.5) is 0 Å². The second-order valence-corrected chi connectivity index (χ2v) is 3.71. The van der Waals surface area contributed by atoms with Crippen molar-refractivity contribution in [3.05, 3.63) is 5.53 Å². The van der Waals surface area contributed by atoms with Crippen molar-refractivity contribution in [2.45, 2.75) is 31.9 Å². The van der Waals surface area contributed by atoms with E-state index in [1.54, 1.807) is 0 Å². The third-order valence-electron chi connectivity index (χ3n) is 2.41. The number of nitrogens with zero attached hydrogens (tertiary/aromatic N) is 2.